The van der Waals surface area contributed by atoms with E-state index in [1.807, 2.05) is 11.2 Å². The fraction of sp³-hybridized carbons (Fsp3) is 0.909. The van der Waals surface area contributed by atoms with E-state index in [4.69, 9.17) is 10.8 Å². The van der Waals surface area contributed by atoms with Crippen LogP contribution < -0.4 is 5.73 Å². The Morgan fingerprint density at radius 3 is 3.06 bits per heavy atom. The number of hydrogen-bond donors (Lipinski definition) is 2. The highest BCUT2D eigenvalue weighted by molar-refractivity contribution is 7.98. The molecule has 1 fully saturated rings. The smallest absolute Gasteiger partial charge is 0.239 e. The van der Waals surface area contributed by atoms with Gasteiger partial charge >= 0.3 is 0 Å². The number of thioether (sulfide) groups is 1. The molecule has 3 N–H and O–H groups in total. The molecule has 16 heavy (non-hydrogen) atoms. The van der Waals surface area contributed by atoms with Crippen molar-refractivity contribution in [3.05, 3.63) is 0 Å². The van der Waals surface area contributed by atoms with Crippen LogP contribution in [0.3, 0.4) is 0 Å². The first-order chi connectivity index (χ1) is 7.69. The molecule has 1 rings (SSSR count). The van der Waals surface area contributed by atoms with E-state index in [9.17, 15) is 4.79 Å². The molecule has 1 aliphatic heterocycles. The van der Waals surface area contributed by atoms with Gasteiger partial charge in [0.1, 0.15) is 0 Å². The van der Waals surface area contributed by atoms with Crippen LogP contribution in [-0.2, 0) is 4.79 Å². The van der Waals surface area contributed by atoms with Crippen molar-refractivity contribution in [2.75, 3.05) is 31.7 Å². The third kappa shape index (κ3) is 3.96. The number of piperidine rings is 1. The quantitative estimate of drug-likeness (QED) is 0.732. The van der Waals surface area contributed by atoms with Crippen molar-refractivity contribution in [1.82, 2.24) is 4.90 Å². The number of rotatable bonds is 5. The molecule has 0 aromatic carbocycles. The Morgan fingerprint density at radius 2 is 2.44 bits per heavy atom. The summed E-state index contributed by atoms with van der Waals surface area (Å²) in [7, 11) is 0. The van der Waals surface area contributed by atoms with Crippen molar-refractivity contribution in [3.63, 3.8) is 0 Å². The third-order valence-electron chi connectivity index (χ3n) is 3.04. The highest BCUT2D eigenvalue weighted by Crippen LogP contribution is 2.16. The van der Waals surface area contributed by atoms with Gasteiger partial charge in [0, 0.05) is 19.7 Å². The van der Waals surface area contributed by atoms with Crippen molar-refractivity contribution in [3.8, 4) is 0 Å². The summed E-state index contributed by atoms with van der Waals surface area (Å²) in [5, 5.41) is 9.10. The van der Waals surface area contributed by atoms with E-state index in [2.05, 4.69) is 0 Å². The van der Waals surface area contributed by atoms with Crippen LogP contribution in [0.5, 0.6) is 0 Å². The van der Waals surface area contributed by atoms with Gasteiger partial charge < -0.3 is 15.7 Å². The molecule has 0 aliphatic carbocycles. The number of nitrogens with zero attached hydrogens (tertiary/aromatic N) is 1. The molecule has 1 unspecified atom stereocenters. The van der Waals surface area contributed by atoms with Crippen LogP contribution in [0, 0.1) is 5.92 Å². The van der Waals surface area contributed by atoms with Gasteiger partial charge in [0.15, 0.2) is 0 Å². The van der Waals surface area contributed by atoms with E-state index in [1.54, 1.807) is 11.8 Å². The molecular weight excluding hydrogens is 224 g/mol. The van der Waals surface area contributed by atoms with Crippen molar-refractivity contribution in [2.45, 2.75) is 25.3 Å². The lowest BCUT2D eigenvalue weighted by Gasteiger charge is -2.33. The first kappa shape index (κ1) is 13.8. The van der Waals surface area contributed by atoms with Crippen molar-refractivity contribution in [1.29, 1.82) is 0 Å². The van der Waals surface area contributed by atoms with Crippen molar-refractivity contribution >= 4 is 17.7 Å². The van der Waals surface area contributed by atoms with Gasteiger partial charge in [0.25, 0.3) is 0 Å². The van der Waals surface area contributed by atoms with E-state index in [0.29, 0.717) is 6.54 Å². The lowest BCUT2D eigenvalue weighted by atomic mass is 9.98. The Morgan fingerprint density at radius 1 is 1.69 bits per heavy atom. The first-order valence-corrected chi connectivity index (χ1v) is 7.22. The molecule has 0 aromatic heterocycles. The van der Waals surface area contributed by atoms with Gasteiger partial charge in [-0.2, -0.15) is 11.8 Å². The van der Waals surface area contributed by atoms with Crippen molar-refractivity contribution < 1.29 is 9.90 Å². The zero-order valence-electron chi connectivity index (χ0n) is 9.89. The summed E-state index contributed by atoms with van der Waals surface area (Å²) < 4.78 is 0. The van der Waals surface area contributed by atoms with E-state index in [-0.39, 0.29) is 24.5 Å². The molecule has 1 amide bonds. The summed E-state index contributed by atoms with van der Waals surface area (Å²) in [6, 6.07) is -0.370. The van der Waals surface area contributed by atoms with Crippen molar-refractivity contribution in [2.24, 2.45) is 11.7 Å². The maximum Gasteiger partial charge on any atom is 0.239 e. The van der Waals surface area contributed by atoms with Crippen LogP contribution in [0.4, 0.5) is 0 Å². The number of amides is 1. The normalized spacial score (nSPS) is 23.2. The average Bonchev–Trinajstić information content (AvgIpc) is 2.35. The Hall–Kier alpha value is -0.260. The van der Waals surface area contributed by atoms with Gasteiger partial charge in [0.2, 0.25) is 5.91 Å². The average molecular weight is 246 g/mol. The summed E-state index contributed by atoms with van der Waals surface area (Å²) in [5.74, 6) is 1.21. The maximum absolute atomic E-state index is 12.0. The topological polar surface area (TPSA) is 66.6 Å². The molecular formula is C11H22N2O2S. The fourth-order valence-corrected chi connectivity index (χ4v) is 2.51. The van der Waals surface area contributed by atoms with Crippen LogP contribution in [0.1, 0.15) is 19.3 Å². The minimum absolute atomic E-state index is 0.0483. The second kappa shape index (κ2) is 7.14. The van der Waals surface area contributed by atoms with Gasteiger partial charge in [-0.25, -0.2) is 0 Å². The Labute approximate surface area is 102 Å². The molecule has 0 aromatic rings. The number of hydrogen-bond acceptors (Lipinski definition) is 4. The number of nitrogens with two attached hydrogens (primary N) is 1. The molecule has 1 heterocycles. The molecule has 0 radical (unpaired) electrons. The highest BCUT2D eigenvalue weighted by atomic mass is 32.2. The van der Waals surface area contributed by atoms with Gasteiger partial charge in [-0.15, -0.1) is 0 Å². The monoisotopic (exact) mass is 246 g/mol. The number of aliphatic hydroxyl groups is 1. The van der Waals surface area contributed by atoms with Crippen LogP contribution >= 0.6 is 11.8 Å². The lowest BCUT2D eigenvalue weighted by Crippen LogP contribution is -2.48. The van der Waals surface area contributed by atoms with Crippen LogP contribution in [-0.4, -0.2) is 53.7 Å². The predicted octanol–water partition coefficient (Wildman–Crippen LogP) is 0.298. The van der Waals surface area contributed by atoms with Gasteiger partial charge in [-0.05, 0) is 37.2 Å². The second-order valence-electron chi connectivity index (χ2n) is 4.36. The molecule has 1 saturated heterocycles. The van der Waals surface area contributed by atoms with Gasteiger partial charge in [-0.1, -0.05) is 0 Å². The summed E-state index contributed by atoms with van der Waals surface area (Å²) >= 11 is 1.71. The third-order valence-corrected chi connectivity index (χ3v) is 3.68. The SMILES string of the molecule is CSCC[C@@H](N)C(=O)N1CCCC(CO)C1. The predicted molar refractivity (Wildman–Crippen MR) is 67.4 cm³/mol. The molecule has 2 atom stereocenters. The van der Waals surface area contributed by atoms with E-state index >= 15 is 0 Å². The number of carbonyl (C=O) groups is 1. The summed E-state index contributed by atoms with van der Waals surface area (Å²) in [6.07, 6.45) is 4.74. The van der Waals surface area contributed by atoms with Crippen LogP contribution in [0.15, 0.2) is 0 Å². The second-order valence-corrected chi connectivity index (χ2v) is 5.35. The highest BCUT2D eigenvalue weighted by Gasteiger charge is 2.26. The zero-order valence-corrected chi connectivity index (χ0v) is 10.7. The van der Waals surface area contributed by atoms with Crippen LogP contribution in [0.2, 0.25) is 0 Å². The molecule has 0 saturated carbocycles. The van der Waals surface area contributed by atoms with Crippen LogP contribution in [0.25, 0.3) is 0 Å². The Bertz CT molecular complexity index is 226. The molecule has 1 aliphatic rings. The Kier molecular flexibility index (Phi) is 6.16. The minimum atomic E-state index is -0.370. The molecule has 94 valence electrons. The van der Waals surface area contributed by atoms with Gasteiger partial charge in [-0.3, -0.25) is 4.79 Å². The zero-order chi connectivity index (χ0) is 12.0. The fourth-order valence-electron chi connectivity index (χ4n) is 2.02. The minimum Gasteiger partial charge on any atom is -0.396 e. The number of carbonyl (C=O) groups excluding carboxylic acids is 1. The lowest BCUT2D eigenvalue weighted by molar-refractivity contribution is -0.134. The van der Waals surface area contributed by atoms with E-state index in [0.717, 1.165) is 31.6 Å². The van der Waals surface area contributed by atoms with E-state index in [1.165, 1.54) is 0 Å². The van der Waals surface area contributed by atoms with Gasteiger partial charge in [0.05, 0.1) is 6.04 Å². The molecule has 4 nitrogen and oxygen atoms in total. The summed E-state index contributed by atoms with van der Waals surface area (Å²) in [5.41, 5.74) is 5.85. The molecule has 5 heteroatoms. The Balaban J connectivity index is 2.40. The maximum atomic E-state index is 12.0. The summed E-state index contributed by atoms with van der Waals surface area (Å²) in [4.78, 5) is 13.8. The summed E-state index contributed by atoms with van der Waals surface area (Å²) in [6.45, 7) is 1.63. The molecule has 0 bridgehead atoms. The standard InChI is InChI=1S/C11H22N2O2S/c1-16-6-4-10(12)11(15)13-5-2-3-9(7-13)8-14/h9-10,14H,2-8,12H2,1H3/t9?,10-/m1/s1. The number of likely N-dealkylation sites (tertiary alicyclic amines) is 1. The van der Waals surface area contributed by atoms with E-state index < -0.39 is 0 Å². The number of aliphatic hydroxyl groups excluding tert-OH is 1. The largest absolute Gasteiger partial charge is 0.396 e. The first-order valence-electron chi connectivity index (χ1n) is 5.83. The molecule has 0 spiro atoms.